The molecule has 1 aromatic rings. The van der Waals surface area contributed by atoms with Crippen molar-refractivity contribution in [1.82, 2.24) is 0 Å². The molecule has 0 amide bonds. The maximum atomic E-state index is 10.7. The molecule has 0 aromatic heterocycles. The topological polar surface area (TPSA) is 58.9 Å². The lowest BCUT2D eigenvalue weighted by Crippen LogP contribution is -2.20. The summed E-state index contributed by atoms with van der Waals surface area (Å²) in [5.41, 5.74) is 5.70. The van der Waals surface area contributed by atoms with Crippen molar-refractivity contribution in [2.75, 3.05) is 0 Å². The van der Waals surface area contributed by atoms with Crippen LogP contribution in [-0.4, -0.2) is 12.2 Å². The largest absolute Gasteiger partial charge is 0.235 e. The molecule has 0 radical (unpaired) electrons. The first-order valence-corrected chi connectivity index (χ1v) is 6.50. The third kappa shape index (κ3) is 2.77. The van der Waals surface area contributed by atoms with Crippen molar-refractivity contribution in [1.29, 1.82) is 0 Å². The van der Waals surface area contributed by atoms with Crippen LogP contribution in [-0.2, 0) is 21.7 Å². The van der Waals surface area contributed by atoms with Gasteiger partial charge >= 0.3 is 0 Å². The second-order valence-corrected chi connectivity index (χ2v) is 5.52. The van der Waals surface area contributed by atoms with Gasteiger partial charge in [0.15, 0.2) is 0 Å². The van der Waals surface area contributed by atoms with Gasteiger partial charge in [-0.15, -0.1) is 0 Å². The second-order valence-electron chi connectivity index (χ2n) is 5.52. The Balaban J connectivity index is 3.79. The summed E-state index contributed by atoms with van der Waals surface area (Å²) in [6.45, 7) is 12.1. The Labute approximate surface area is 119 Å². The van der Waals surface area contributed by atoms with Crippen molar-refractivity contribution in [3.05, 3.63) is 33.4 Å². The quantitative estimate of drug-likeness (QED) is 0.623. The van der Waals surface area contributed by atoms with Crippen LogP contribution in [0.5, 0.6) is 0 Å². The predicted octanol–water partition coefficient (Wildman–Crippen LogP) is 3.33. The van der Waals surface area contributed by atoms with Crippen LogP contribution in [0.2, 0.25) is 0 Å². The summed E-state index contributed by atoms with van der Waals surface area (Å²) in [5.74, 6) is 0. The third-order valence-corrected chi connectivity index (χ3v) is 4.06. The van der Waals surface area contributed by atoms with E-state index < -0.39 is 5.54 Å². The smallest absolute Gasteiger partial charge is 0.211 e. The van der Waals surface area contributed by atoms with E-state index in [2.05, 4.69) is 16.9 Å². The molecule has 20 heavy (non-hydrogen) atoms. The number of nitrogens with zero attached hydrogens (tertiary/aromatic N) is 2. The number of hydrogen-bond donors (Lipinski definition) is 0. The Hall–Kier alpha value is -2.02. The average molecular weight is 272 g/mol. The van der Waals surface area contributed by atoms with Gasteiger partial charge in [0.2, 0.25) is 12.2 Å². The Morgan fingerprint density at radius 3 is 1.95 bits per heavy atom. The maximum Gasteiger partial charge on any atom is 0.235 e. The molecule has 1 rings (SSSR count). The number of isocyanates is 2. The van der Waals surface area contributed by atoms with Crippen LogP contribution in [0, 0.1) is 27.7 Å². The van der Waals surface area contributed by atoms with Crippen LogP contribution < -0.4 is 0 Å². The van der Waals surface area contributed by atoms with Gasteiger partial charge in [-0.25, -0.2) is 14.6 Å². The molecule has 0 atom stereocenters. The molecule has 0 unspecified atom stereocenters. The summed E-state index contributed by atoms with van der Waals surface area (Å²) in [6, 6.07) is 0. The molecule has 4 nitrogen and oxygen atoms in total. The van der Waals surface area contributed by atoms with E-state index in [1.165, 1.54) is 11.1 Å². The van der Waals surface area contributed by atoms with Crippen LogP contribution in [0.15, 0.2) is 9.98 Å². The van der Waals surface area contributed by atoms with E-state index in [-0.39, 0.29) is 6.54 Å². The van der Waals surface area contributed by atoms with Crippen LogP contribution in [0.25, 0.3) is 0 Å². The van der Waals surface area contributed by atoms with Gasteiger partial charge in [-0.3, -0.25) is 0 Å². The van der Waals surface area contributed by atoms with Gasteiger partial charge < -0.3 is 0 Å². The minimum absolute atomic E-state index is 0.254. The highest BCUT2D eigenvalue weighted by Crippen LogP contribution is 2.36. The van der Waals surface area contributed by atoms with Crippen molar-refractivity contribution in [3.8, 4) is 0 Å². The predicted molar refractivity (Wildman–Crippen MR) is 78.4 cm³/mol. The van der Waals surface area contributed by atoms with Crippen molar-refractivity contribution in [2.45, 2.75) is 53.6 Å². The lowest BCUT2D eigenvalue weighted by atomic mass is 9.80. The molecule has 106 valence electrons. The maximum absolute atomic E-state index is 10.7. The monoisotopic (exact) mass is 272 g/mol. The zero-order chi connectivity index (χ0) is 15.5. The van der Waals surface area contributed by atoms with Gasteiger partial charge in [0, 0.05) is 0 Å². The first-order chi connectivity index (χ1) is 9.27. The highest BCUT2D eigenvalue weighted by atomic mass is 16.1. The van der Waals surface area contributed by atoms with Gasteiger partial charge in [-0.2, -0.15) is 4.99 Å². The zero-order valence-electron chi connectivity index (χ0n) is 12.9. The molecule has 1 aromatic carbocycles. The standard InChI is InChI=1S/C16H20N2O2/c1-10-11(2)13(4)15(16(5,6)18-9-20)14(12(10)3)7-17-8-19/h7H2,1-6H3. The second kappa shape index (κ2) is 5.96. The lowest BCUT2D eigenvalue weighted by Gasteiger charge is -2.28. The fourth-order valence-electron chi connectivity index (χ4n) is 2.70. The summed E-state index contributed by atoms with van der Waals surface area (Å²) in [6.07, 6.45) is 3.21. The normalized spacial score (nSPS) is 10.7. The molecule has 0 spiro atoms. The fourth-order valence-corrected chi connectivity index (χ4v) is 2.70. The van der Waals surface area contributed by atoms with E-state index in [0.717, 1.165) is 22.3 Å². The number of carbonyl (C=O) groups excluding carboxylic acids is 2. The van der Waals surface area contributed by atoms with E-state index in [0.29, 0.717) is 0 Å². The Morgan fingerprint density at radius 2 is 1.45 bits per heavy atom. The van der Waals surface area contributed by atoms with Crippen LogP contribution in [0.4, 0.5) is 0 Å². The molecule has 0 aliphatic rings. The number of aliphatic imine (C=N–C) groups is 2. The van der Waals surface area contributed by atoms with Crippen molar-refractivity contribution in [3.63, 3.8) is 0 Å². The van der Waals surface area contributed by atoms with Gasteiger partial charge in [0.25, 0.3) is 0 Å². The number of benzene rings is 1. The molecule has 4 heteroatoms. The molecule has 0 fully saturated rings. The van der Waals surface area contributed by atoms with Crippen molar-refractivity contribution < 1.29 is 9.59 Å². The summed E-state index contributed by atoms with van der Waals surface area (Å²) in [4.78, 5) is 28.8. The van der Waals surface area contributed by atoms with Gasteiger partial charge in [0.05, 0.1) is 12.1 Å². The van der Waals surface area contributed by atoms with Crippen molar-refractivity contribution >= 4 is 12.2 Å². The van der Waals surface area contributed by atoms with Crippen LogP contribution in [0.1, 0.15) is 47.2 Å². The van der Waals surface area contributed by atoms with E-state index in [1.807, 2.05) is 34.6 Å². The molecule has 0 saturated carbocycles. The van der Waals surface area contributed by atoms with Gasteiger partial charge in [-0.05, 0) is 74.9 Å². The molecular formula is C16H20N2O2. The van der Waals surface area contributed by atoms with Gasteiger partial charge in [-0.1, -0.05) is 0 Å². The van der Waals surface area contributed by atoms with Crippen LogP contribution in [0.3, 0.4) is 0 Å². The molecule has 0 bridgehead atoms. The molecule has 0 saturated heterocycles. The van der Waals surface area contributed by atoms with E-state index in [4.69, 9.17) is 0 Å². The zero-order valence-corrected chi connectivity index (χ0v) is 12.9. The highest BCUT2D eigenvalue weighted by Gasteiger charge is 2.28. The molecule has 0 aliphatic heterocycles. The summed E-state index contributed by atoms with van der Waals surface area (Å²) < 4.78 is 0. The summed E-state index contributed by atoms with van der Waals surface area (Å²) in [7, 11) is 0. The Bertz CT molecular complexity index is 633. The average Bonchev–Trinajstić information content (AvgIpc) is 2.38. The lowest BCUT2D eigenvalue weighted by molar-refractivity contribution is 0.516. The van der Waals surface area contributed by atoms with E-state index >= 15 is 0 Å². The third-order valence-electron chi connectivity index (χ3n) is 4.06. The molecular weight excluding hydrogens is 252 g/mol. The first kappa shape index (κ1) is 16.0. The minimum atomic E-state index is -0.692. The summed E-state index contributed by atoms with van der Waals surface area (Å²) in [5, 5.41) is 0. The molecule has 0 aliphatic carbocycles. The van der Waals surface area contributed by atoms with Gasteiger partial charge in [0.1, 0.15) is 0 Å². The van der Waals surface area contributed by atoms with E-state index in [9.17, 15) is 9.59 Å². The van der Waals surface area contributed by atoms with E-state index in [1.54, 1.807) is 12.2 Å². The minimum Gasteiger partial charge on any atom is -0.211 e. The first-order valence-electron chi connectivity index (χ1n) is 6.50. The Morgan fingerprint density at radius 1 is 0.900 bits per heavy atom. The Kier molecular flexibility index (Phi) is 4.78. The molecule has 0 N–H and O–H groups in total. The SMILES string of the molecule is Cc1c(C)c(C)c(C(C)(C)N=C=O)c(CN=C=O)c1C. The van der Waals surface area contributed by atoms with Crippen molar-refractivity contribution in [2.24, 2.45) is 9.98 Å². The number of rotatable bonds is 4. The van der Waals surface area contributed by atoms with Crippen LogP contribution >= 0.6 is 0 Å². The number of hydrogen-bond acceptors (Lipinski definition) is 4. The molecule has 0 heterocycles. The summed E-state index contributed by atoms with van der Waals surface area (Å²) >= 11 is 0. The fraction of sp³-hybridized carbons (Fsp3) is 0.500. The highest BCUT2D eigenvalue weighted by molar-refractivity contribution is 5.54.